The molecule has 0 radical (unpaired) electrons. The maximum absolute atomic E-state index is 13.5. The number of aromatic nitrogens is 3. The van der Waals surface area contributed by atoms with Crippen LogP contribution in [0.4, 0.5) is 13.2 Å². The Kier molecular flexibility index (Phi) is 6.41. The number of alkyl halides is 3. The zero-order chi connectivity index (χ0) is 22.6. The van der Waals surface area contributed by atoms with Crippen molar-refractivity contribution in [2.75, 3.05) is 5.75 Å². The van der Waals surface area contributed by atoms with Gasteiger partial charge in [0.1, 0.15) is 12.1 Å². The van der Waals surface area contributed by atoms with Crippen molar-refractivity contribution in [1.82, 2.24) is 15.2 Å². The Morgan fingerprint density at radius 1 is 0.875 bits per heavy atom. The lowest BCUT2D eigenvalue weighted by Gasteiger charge is -2.13. The van der Waals surface area contributed by atoms with Gasteiger partial charge in [-0.25, -0.2) is 4.98 Å². The topological polar surface area (TPSA) is 58.6 Å². The number of carbonyl (C=O) groups is 1. The average molecular weight is 453 g/mol. The molecule has 1 N–H and O–H groups in total. The molecule has 0 bridgehead atoms. The molecule has 0 unspecified atom stereocenters. The predicted octanol–water partition coefficient (Wildman–Crippen LogP) is 6.06. The van der Waals surface area contributed by atoms with Crippen LogP contribution in [0.3, 0.4) is 0 Å². The van der Waals surface area contributed by atoms with E-state index in [9.17, 15) is 18.0 Å². The highest BCUT2D eigenvalue weighted by Crippen LogP contribution is 2.36. The molecule has 3 aromatic carbocycles. The first-order valence-electron chi connectivity index (χ1n) is 9.75. The van der Waals surface area contributed by atoms with Crippen LogP contribution < -0.4 is 0 Å². The molecule has 0 amide bonds. The van der Waals surface area contributed by atoms with E-state index in [0.29, 0.717) is 27.4 Å². The van der Waals surface area contributed by atoms with Crippen molar-refractivity contribution in [2.24, 2.45) is 0 Å². The first-order chi connectivity index (χ1) is 15.4. The fourth-order valence-corrected chi connectivity index (χ4v) is 3.90. The van der Waals surface area contributed by atoms with Crippen molar-refractivity contribution < 1.29 is 18.0 Å². The Labute approximate surface area is 186 Å². The van der Waals surface area contributed by atoms with Crippen LogP contribution in [0, 0.1) is 0 Å². The quantitative estimate of drug-likeness (QED) is 0.346. The summed E-state index contributed by atoms with van der Waals surface area (Å²) < 4.78 is 40.5. The standard InChI is InChI=1S/C24H18F3N3OS/c25-24(26,27)21-12-19(17-4-2-1-3-5-17)11-20(13-21)18-8-6-16(7-9-18)10-22(31)14-32-23-28-15-29-30-23/h1-9,11-13,15H,10,14H2,(H,28,29,30). The molecule has 4 nitrogen and oxygen atoms in total. The van der Waals surface area contributed by atoms with Gasteiger partial charge < -0.3 is 0 Å². The molecular formula is C24H18F3N3OS. The summed E-state index contributed by atoms with van der Waals surface area (Å²) in [6.07, 6.45) is -2.84. The first-order valence-corrected chi connectivity index (χ1v) is 10.7. The molecule has 0 saturated heterocycles. The summed E-state index contributed by atoms with van der Waals surface area (Å²) in [5.41, 5.74) is 2.44. The number of carbonyl (C=O) groups excluding carboxylic acids is 1. The molecule has 0 aliphatic rings. The van der Waals surface area contributed by atoms with Crippen LogP contribution in [0.1, 0.15) is 11.1 Å². The smallest absolute Gasteiger partial charge is 0.298 e. The molecule has 1 heterocycles. The number of ketones is 1. The second-order valence-corrected chi connectivity index (χ2v) is 8.12. The van der Waals surface area contributed by atoms with Gasteiger partial charge in [0.2, 0.25) is 0 Å². The van der Waals surface area contributed by atoms with E-state index in [1.54, 1.807) is 54.6 Å². The number of nitrogens with one attached hydrogen (secondary N) is 1. The van der Waals surface area contributed by atoms with E-state index in [0.717, 1.165) is 17.7 Å². The lowest BCUT2D eigenvalue weighted by Crippen LogP contribution is -2.06. The largest absolute Gasteiger partial charge is 0.416 e. The summed E-state index contributed by atoms with van der Waals surface area (Å²) >= 11 is 1.27. The van der Waals surface area contributed by atoms with Crippen molar-refractivity contribution >= 4 is 17.5 Å². The van der Waals surface area contributed by atoms with Crippen molar-refractivity contribution in [1.29, 1.82) is 0 Å². The van der Waals surface area contributed by atoms with E-state index in [2.05, 4.69) is 15.2 Å². The first kappa shape index (κ1) is 21.8. The Balaban J connectivity index is 1.54. The number of Topliss-reactive ketones (excluding diaryl/α,β-unsaturated/α-hetero) is 1. The van der Waals surface area contributed by atoms with Gasteiger partial charge in [0, 0.05) is 6.42 Å². The van der Waals surface area contributed by atoms with Gasteiger partial charge >= 0.3 is 6.18 Å². The Hall–Kier alpha value is -3.39. The number of aromatic amines is 1. The molecule has 0 fully saturated rings. The van der Waals surface area contributed by atoms with Gasteiger partial charge in [-0.1, -0.05) is 66.4 Å². The van der Waals surface area contributed by atoms with Gasteiger partial charge in [0.05, 0.1) is 11.3 Å². The molecule has 162 valence electrons. The Morgan fingerprint density at radius 2 is 1.53 bits per heavy atom. The van der Waals surface area contributed by atoms with Crippen LogP contribution in [0.25, 0.3) is 22.3 Å². The Morgan fingerprint density at radius 3 is 2.12 bits per heavy atom. The molecule has 0 aliphatic carbocycles. The minimum atomic E-state index is -4.45. The van der Waals surface area contributed by atoms with Gasteiger partial charge in [0.25, 0.3) is 0 Å². The molecule has 4 aromatic rings. The lowest BCUT2D eigenvalue weighted by molar-refractivity contribution is -0.137. The predicted molar refractivity (Wildman–Crippen MR) is 118 cm³/mol. The van der Waals surface area contributed by atoms with Crippen LogP contribution in [0.15, 0.2) is 84.3 Å². The third-order valence-corrected chi connectivity index (χ3v) is 5.76. The molecule has 0 aliphatic heterocycles. The van der Waals surface area contributed by atoms with Crippen LogP contribution in [-0.4, -0.2) is 26.7 Å². The van der Waals surface area contributed by atoms with E-state index >= 15 is 0 Å². The zero-order valence-electron chi connectivity index (χ0n) is 16.8. The van der Waals surface area contributed by atoms with Crippen LogP contribution in [0.2, 0.25) is 0 Å². The van der Waals surface area contributed by atoms with E-state index in [1.807, 2.05) is 6.07 Å². The second kappa shape index (κ2) is 9.40. The summed E-state index contributed by atoms with van der Waals surface area (Å²) in [6.45, 7) is 0. The monoisotopic (exact) mass is 453 g/mol. The van der Waals surface area contributed by atoms with E-state index in [-0.39, 0.29) is 18.0 Å². The minimum Gasteiger partial charge on any atom is -0.298 e. The van der Waals surface area contributed by atoms with Gasteiger partial charge in [-0.3, -0.25) is 9.89 Å². The number of benzene rings is 3. The number of hydrogen-bond acceptors (Lipinski definition) is 4. The van der Waals surface area contributed by atoms with Crippen molar-refractivity contribution in [3.05, 3.63) is 90.3 Å². The fourth-order valence-electron chi connectivity index (χ4n) is 3.26. The van der Waals surface area contributed by atoms with Crippen LogP contribution in [-0.2, 0) is 17.4 Å². The summed E-state index contributed by atoms with van der Waals surface area (Å²) in [7, 11) is 0. The van der Waals surface area contributed by atoms with Crippen molar-refractivity contribution in [3.8, 4) is 22.3 Å². The number of rotatable bonds is 7. The van der Waals surface area contributed by atoms with Gasteiger partial charge in [-0.05, 0) is 46.0 Å². The highest BCUT2D eigenvalue weighted by Gasteiger charge is 2.31. The Bertz CT molecular complexity index is 1190. The van der Waals surface area contributed by atoms with Crippen molar-refractivity contribution in [2.45, 2.75) is 17.8 Å². The van der Waals surface area contributed by atoms with Gasteiger partial charge in [0.15, 0.2) is 5.16 Å². The normalized spacial score (nSPS) is 11.5. The molecule has 32 heavy (non-hydrogen) atoms. The molecule has 0 spiro atoms. The summed E-state index contributed by atoms with van der Waals surface area (Å²) in [5, 5.41) is 6.99. The van der Waals surface area contributed by atoms with Crippen molar-refractivity contribution in [3.63, 3.8) is 0 Å². The summed E-state index contributed by atoms with van der Waals surface area (Å²) in [4.78, 5) is 16.2. The third kappa shape index (κ3) is 5.45. The maximum Gasteiger partial charge on any atom is 0.416 e. The third-order valence-electron chi connectivity index (χ3n) is 4.82. The van der Waals surface area contributed by atoms with Gasteiger partial charge in [-0.2, -0.15) is 18.3 Å². The number of nitrogens with zero attached hydrogens (tertiary/aromatic N) is 2. The lowest BCUT2D eigenvalue weighted by atomic mass is 9.95. The molecule has 0 saturated carbocycles. The molecule has 8 heteroatoms. The number of H-pyrrole nitrogens is 1. The zero-order valence-corrected chi connectivity index (χ0v) is 17.6. The molecule has 4 rings (SSSR count). The SMILES string of the molecule is O=C(CSc1ncn[nH]1)Cc1ccc(-c2cc(-c3ccccc3)cc(C(F)(F)F)c2)cc1. The van der Waals surface area contributed by atoms with E-state index in [4.69, 9.17) is 0 Å². The van der Waals surface area contributed by atoms with E-state index in [1.165, 1.54) is 18.1 Å². The summed E-state index contributed by atoms with van der Waals surface area (Å²) in [6, 6.07) is 20.1. The van der Waals surface area contributed by atoms with E-state index < -0.39 is 11.7 Å². The highest BCUT2D eigenvalue weighted by molar-refractivity contribution is 7.99. The maximum atomic E-state index is 13.5. The molecule has 0 atom stereocenters. The second-order valence-electron chi connectivity index (χ2n) is 7.15. The highest BCUT2D eigenvalue weighted by atomic mass is 32.2. The van der Waals surface area contributed by atoms with Crippen LogP contribution >= 0.6 is 11.8 Å². The fraction of sp³-hybridized carbons (Fsp3) is 0.125. The number of halogens is 3. The minimum absolute atomic E-state index is 0.0181. The average Bonchev–Trinajstić information content (AvgIpc) is 3.32. The molecule has 1 aromatic heterocycles. The summed E-state index contributed by atoms with van der Waals surface area (Å²) in [5.74, 6) is 0.273. The molecular weight excluding hydrogens is 435 g/mol. The van der Waals surface area contributed by atoms with Gasteiger partial charge in [-0.15, -0.1) is 0 Å². The number of hydrogen-bond donors (Lipinski definition) is 1. The number of thioether (sulfide) groups is 1. The van der Waals surface area contributed by atoms with Crippen LogP contribution in [0.5, 0.6) is 0 Å².